The van der Waals surface area contributed by atoms with Gasteiger partial charge in [-0.1, -0.05) is 0 Å². The summed E-state index contributed by atoms with van der Waals surface area (Å²) in [6.45, 7) is 3.69. The van der Waals surface area contributed by atoms with Gasteiger partial charge in [-0.3, -0.25) is 0 Å². The summed E-state index contributed by atoms with van der Waals surface area (Å²) in [5, 5.41) is 16.8. The molecule has 0 bridgehead atoms. The van der Waals surface area contributed by atoms with Gasteiger partial charge < -0.3 is 10.0 Å². The van der Waals surface area contributed by atoms with E-state index in [0.29, 0.717) is 12.7 Å². The molecule has 0 spiro atoms. The van der Waals surface area contributed by atoms with Crippen molar-refractivity contribution in [1.29, 1.82) is 0 Å². The predicted octanol–water partition coefficient (Wildman–Crippen LogP) is 0.867. The fourth-order valence-corrected chi connectivity index (χ4v) is 0.581. The largest absolute Gasteiger partial charge is 0.451 e. The topological polar surface area (TPSA) is 40.5 Å². The van der Waals surface area contributed by atoms with E-state index < -0.39 is 7.12 Å². The number of rotatable bonds is 3. The molecule has 0 aromatic rings. The standard InChI is InChI=1S/C5H12BClO2/c1-5(2,7)3-4-6(8)9/h8-9H,3-4H2,1-2H3. The van der Waals surface area contributed by atoms with Crippen LogP contribution in [0.25, 0.3) is 0 Å². The minimum Gasteiger partial charge on any atom is -0.427 e. The van der Waals surface area contributed by atoms with Gasteiger partial charge in [-0.25, -0.2) is 0 Å². The van der Waals surface area contributed by atoms with Crippen LogP contribution in [0.4, 0.5) is 0 Å². The third-order valence-electron chi connectivity index (χ3n) is 0.997. The van der Waals surface area contributed by atoms with Crippen molar-refractivity contribution in [1.82, 2.24) is 0 Å². The zero-order valence-electron chi connectivity index (χ0n) is 5.76. The molecule has 0 radical (unpaired) electrons. The van der Waals surface area contributed by atoms with Gasteiger partial charge >= 0.3 is 7.12 Å². The quantitative estimate of drug-likeness (QED) is 0.463. The predicted molar refractivity (Wildman–Crippen MR) is 39.5 cm³/mol. The molecule has 0 saturated carbocycles. The highest BCUT2D eigenvalue weighted by atomic mass is 35.5. The molecule has 0 heterocycles. The molecule has 0 fully saturated rings. The number of halogens is 1. The number of hydrogen-bond acceptors (Lipinski definition) is 2. The fraction of sp³-hybridized carbons (Fsp3) is 1.00. The van der Waals surface area contributed by atoms with Gasteiger partial charge in [0.05, 0.1) is 0 Å². The van der Waals surface area contributed by atoms with E-state index in [2.05, 4.69) is 0 Å². The van der Waals surface area contributed by atoms with Crippen molar-refractivity contribution < 1.29 is 10.0 Å². The van der Waals surface area contributed by atoms with Crippen molar-refractivity contribution in [2.75, 3.05) is 0 Å². The van der Waals surface area contributed by atoms with E-state index in [0.717, 1.165) is 0 Å². The molecule has 0 rings (SSSR count). The van der Waals surface area contributed by atoms with Gasteiger partial charge in [0.25, 0.3) is 0 Å². The van der Waals surface area contributed by atoms with E-state index in [9.17, 15) is 0 Å². The molecule has 0 unspecified atom stereocenters. The normalized spacial score (nSPS) is 11.7. The van der Waals surface area contributed by atoms with E-state index in [1.54, 1.807) is 0 Å². The molecular formula is C5H12BClO2. The maximum Gasteiger partial charge on any atom is 0.451 e. The summed E-state index contributed by atoms with van der Waals surface area (Å²) in [6, 6.07) is 0. The lowest BCUT2D eigenvalue weighted by Crippen LogP contribution is -2.17. The van der Waals surface area contributed by atoms with Crippen LogP contribution in [0.5, 0.6) is 0 Å². The monoisotopic (exact) mass is 150 g/mol. The smallest absolute Gasteiger partial charge is 0.427 e. The third kappa shape index (κ3) is 8.27. The van der Waals surface area contributed by atoms with Gasteiger partial charge in [0.15, 0.2) is 0 Å². The van der Waals surface area contributed by atoms with Crippen LogP contribution >= 0.6 is 11.6 Å². The molecule has 2 nitrogen and oxygen atoms in total. The van der Waals surface area contributed by atoms with Gasteiger partial charge in [-0.2, -0.15) is 0 Å². The van der Waals surface area contributed by atoms with Crippen LogP contribution in [0, 0.1) is 0 Å². The Morgan fingerprint density at radius 3 is 2.00 bits per heavy atom. The van der Waals surface area contributed by atoms with E-state index in [1.807, 2.05) is 13.8 Å². The highest BCUT2D eigenvalue weighted by Crippen LogP contribution is 2.19. The van der Waals surface area contributed by atoms with E-state index in [1.165, 1.54) is 0 Å². The maximum atomic E-state index is 8.41. The van der Waals surface area contributed by atoms with Crippen LogP contribution in [0.1, 0.15) is 20.3 Å². The van der Waals surface area contributed by atoms with Crippen LogP contribution in [0.2, 0.25) is 6.32 Å². The van der Waals surface area contributed by atoms with E-state index in [-0.39, 0.29) is 4.87 Å². The molecule has 54 valence electrons. The van der Waals surface area contributed by atoms with Crippen LogP contribution in [-0.4, -0.2) is 22.0 Å². The summed E-state index contributed by atoms with van der Waals surface area (Å²) in [5.41, 5.74) is 0. The average Bonchev–Trinajstić information content (AvgIpc) is 1.59. The van der Waals surface area contributed by atoms with Gasteiger partial charge in [0, 0.05) is 4.87 Å². The summed E-state index contributed by atoms with van der Waals surface area (Å²) >= 11 is 5.76. The van der Waals surface area contributed by atoms with Crippen molar-refractivity contribution in [3.63, 3.8) is 0 Å². The summed E-state index contributed by atoms with van der Waals surface area (Å²) in [6.07, 6.45) is 0.961. The molecule has 0 aromatic carbocycles. The van der Waals surface area contributed by atoms with Gasteiger partial charge in [-0.15, -0.1) is 11.6 Å². The lowest BCUT2D eigenvalue weighted by Gasteiger charge is -2.13. The third-order valence-corrected chi connectivity index (χ3v) is 1.19. The molecule has 9 heavy (non-hydrogen) atoms. The molecule has 0 saturated heterocycles. The maximum absolute atomic E-state index is 8.41. The molecule has 0 aromatic heterocycles. The molecule has 4 heteroatoms. The second kappa shape index (κ2) is 3.45. The first kappa shape index (κ1) is 9.27. The number of hydrogen-bond donors (Lipinski definition) is 2. The van der Waals surface area contributed by atoms with Gasteiger partial charge in [0.2, 0.25) is 0 Å². The first-order valence-corrected chi connectivity index (χ1v) is 3.35. The van der Waals surface area contributed by atoms with E-state index in [4.69, 9.17) is 21.6 Å². The highest BCUT2D eigenvalue weighted by molar-refractivity contribution is 6.41. The lowest BCUT2D eigenvalue weighted by atomic mass is 9.81. The Balaban J connectivity index is 3.28. The fourth-order valence-electron chi connectivity index (χ4n) is 0.472. The minimum atomic E-state index is -1.22. The summed E-state index contributed by atoms with van der Waals surface area (Å²) in [5.74, 6) is 0. The van der Waals surface area contributed by atoms with Gasteiger partial charge in [0.1, 0.15) is 0 Å². The molecule has 0 amide bonds. The molecule has 0 aliphatic heterocycles. The first-order chi connectivity index (χ1) is 3.92. The van der Waals surface area contributed by atoms with Crippen LogP contribution in [0.15, 0.2) is 0 Å². The van der Waals surface area contributed by atoms with Crippen LogP contribution in [-0.2, 0) is 0 Å². The van der Waals surface area contributed by atoms with Crippen molar-refractivity contribution in [3.05, 3.63) is 0 Å². The second-order valence-corrected chi connectivity index (χ2v) is 3.76. The Hall–Kier alpha value is 0.275. The molecule has 2 N–H and O–H groups in total. The van der Waals surface area contributed by atoms with Crippen molar-refractivity contribution in [2.45, 2.75) is 31.5 Å². The Morgan fingerprint density at radius 2 is 1.89 bits per heavy atom. The zero-order chi connectivity index (χ0) is 7.49. The van der Waals surface area contributed by atoms with Crippen LogP contribution in [0.3, 0.4) is 0 Å². The summed E-state index contributed by atoms with van der Waals surface area (Å²) in [7, 11) is -1.22. The van der Waals surface area contributed by atoms with Gasteiger partial charge in [-0.05, 0) is 26.6 Å². The molecule has 0 aliphatic rings. The number of alkyl halides is 1. The Kier molecular flexibility index (Phi) is 3.55. The van der Waals surface area contributed by atoms with Crippen molar-refractivity contribution >= 4 is 18.7 Å². The highest BCUT2D eigenvalue weighted by Gasteiger charge is 2.16. The lowest BCUT2D eigenvalue weighted by molar-refractivity contribution is 0.399. The summed E-state index contributed by atoms with van der Waals surface area (Å²) < 4.78 is 0. The molecule has 0 aliphatic carbocycles. The zero-order valence-corrected chi connectivity index (χ0v) is 6.52. The Bertz CT molecular complexity index is 79.5. The summed E-state index contributed by atoms with van der Waals surface area (Å²) in [4.78, 5) is -0.316. The SMILES string of the molecule is CC(C)(Cl)CCB(O)O. The first-order valence-electron chi connectivity index (χ1n) is 2.97. The Labute approximate surface area is 61.0 Å². The Morgan fingerprint density at radius 1 is 1.44 bits per heavy atom. The molecular weight excluding hydrogens is 138 g/mol. The van der Waals surface area contributed by atoms with Crippen molar-refractivity contribution in [3.8, 4) is 0 Å². The average molecular weight is 150 g/mol. The minimum absolute atomic E-state index is 0.316. The van der Waals surface area contributed by atoms with Crippen molar-refractivity contribution in [2.24, 2.45) is 0 Å². The van der Waals surface area contributed by atoms with Crippen LogP contribution < -0.4 is 0 Å². The molecule has 0 atom stereocenters. The van der Waals surface area contributed by atoms with E-state index >= 15 is 0 Å². The second-order valence-electron chi connectivity index (χ2n) is 2.74.